The maximum atomic E-state index is 2.61. The molecule has 2 heteroatoms. The van der Waals surface area contributed by atoms with E-state index in [0.29, 0.717) is 0 Å². The number of nitrogens with zero attached hydrogens (tertiary/aromatic N) is 1. The molecule has 20 heavy (non-hydrogen) atoms. The predicted molar refractivity (Wildman–Crippen MR) is 94.8 cm³/mol. The summed E-state index contributed by atoms with van der Waals surface area (Å²) in [5.74, 6) is 0. The van der Waals surface area contributed by atoms with Crippen molar-refractivity contribution in [1.82, 2.24) is 0 Å². The van der Waals surface area contributed by atoms with Gasteiger partial charge in [-0.05, 0) is 18.9 Å². The Kier molecular flexibility index (Phi) is 7.71. The Balaban J connectivity index is 3.19. The number of anilines is 1. The molecule has 0 amide bonds. The number of rotatable bonds is 8. The van der Waals surface area contributed by atoms with Crippen LogP contribution in [0.1, 0.15) is 54.4 Å². The van der Waals surface area contributed by atoms with E-state index in [9.17, 15) is 0 Å². The lowest BCUT2D eigenvalue weighted by atomic mass is 10.2. The smallest absolute Gasteiger partial charge is 0.314 e. The largest absolute Gasteiger partial charge is 0.373 e. The Hall–Kier alpha value is -0.448. The van der Waals surface area contributed by atoms with Crippen molar-refractivity contribution in [1.29, 1.82) is 0 Å². The zero-order valence-corrected chi connectivity index (χ0v) is 15.5. The minimum absolute atomic E-state index is 0.821. The fourth-order valence-electron chi connectivity index (χ4n) is 3.44. The first-order valence-electron chi connectivity index (χ1n) is 8.36. The third-order valence-corrected chi connectivity index (χ3v) is 8.14. The van der Waals surface area contributed by atoms with Gasteiger partial charge in [-0.2, -0.15) is 0 Å². The summed E-state index contributed by atoms with van der Waals surface area (Å²) in [5, 5.41) is 0. The molecule has 112 valence electrons. The molecule has 0 aromatic heterocycles. The van der Waals surface area contributed by atoms with Crippen molar-refractivity contribution in [3.05, 3.63) is 24.3 Å². The molecular weight excluding hydrogens is 257 g/mol. The van der Waals surface area contributed by atoms with Gasteiger partial charge < -0.3 is 4.90 Å². The summed E-state index contributed by atoms with van der Waals surface area (Å²) in [7, 11) is 0. The number of benzene rings is 1. The maximum absolute atomic E-state index is 2.61. The van der Waals surface area contributed by atoms with Crippen LogP contribution < -0.4 is 9.33 Å². The molecule has 0 fully saturated rings. The molecule has 0 unspecified atom stereocenters. The van der Waals surface area contributed by atoms with Crippen LogP contribution in [0.5, 0.6) is 0 Å². The van der Waals surface area contributed by atoms with E-state index in [2.05, 4.69) is 70.7 Å². The zero-order chi connectivity index (χ0) is 15.1. The van der Waals surface area contributed by atoms with Gasteiger partial charge in [0.05, 0.1) is 0 Å². The molecule has 0 aliphatic heterocycles. The molecule has 1 aromatic rings. The van der Waals surface area contributed by atoms with Gasteiger partial charge in [-0.25, -0.2) is 0 Å². The van der Waals surface area contributed by atoms with E-state index >= 15 is 0 Å². The molecule has 0 atom stereocenters. The Bertz CT molecular complexity index is 373. The highest BCUT2D eigenvalue weighted by Crippen LogP contribution is 2.24. The van der Waals surface area contributed by atoms with Gasteiger partial charge >= 0.3 is 14.1 Å². The first kappa shape index (κ1) is 17.6. The van der Waals surface area contributed by atoms with Crippen molar-refractivity contribution in [2.75, 3.05) is 18.0 Å². The molecule has 1 rings (SSSR count). The maximum Gasteiger partial charge on any atom is 0.314 e. The minimum Gasteiger partial charge on any atom is -0.373 e. The van der Waals surface area contributed by atoms with Crippen molar-refractivity contribution in [3.63, 3.8) is 0 Å². The third kappa shape index (κ3) is 4.54. The summed E-state index contributed by atoms with van der Waals surface area (Å²) in [6, 6.07) is 9.21. The SMILES string of the molecule is CCCN(CCC)c1cccc[c]1[Al]([CH](C)C)[CH](C)C. The van der Waals surface area contributed by atoms with Crippen molar-refractivity contribution in [2.45, 2.75) is 63.9 Å². The second-order valence-electron chi connectivity index (χ2n) is 6.56. The zero-order valence-electron chi connectivity index (χ0n) is 14.3. The lowest BCUT2D eigenvalue weighted by Gasteiger charge is -2.30. The molecule has 1 nitrogen and oxygen atoms in total. The molecule has 1 aromatic carbocycles. The van der Waals surface area contributed by atoms with Crippen LogP contribution in [0.4, 0.5) is 5.69 Å². The summed E-state index contributed by atoms with van der Waals surface area (Å²) in [6.07, 6.45) is 2.45. The molecule has 0 radical (unpaired) electrons. The highest BCUT2D eigenvalue weighted by molar-refractivity contribution is 6.77. The Labute approximate surface area is 130 Å². The van der Waals surface area contributed by atoms with Crippen molar-refractivity contribution in [2.24, 2.45) is 0 Å². The lowest BCUT2D eigenvalue weighted by molar-refractivity contribution is 0.746. The van der Waals surface area contributed by atoms with Crippen LogP contribution in [0, 0.1) is 0 Å². The summed E-state index contributed by atoms with van der Waals surface area (Å²) in [4.78, 5) is 2.61. The van der Waals surface area contributed by atoms with Gasteiger partial charge in [-0.3, -0.25) is 0 Å². The topological polar surface area (TPSA) is 3.24 Å². The molecule has 0 aliphatic rings. The van der Waals surface area contributed by atoms with Gasteiger partial charge in [0.1, 0.15) is 0 Å². The van der Waals surface area contributed by atoms with E-state index in [1.165, 1.54) is 31.6 Å². The van der Waals surface area contributed by atoms with E-state index in [0.717, 1.165) is 9.56 Å². The van der Waals surface area contributed by atoms with Crippen LogP contribution in [0.2, 0.25) is 9.56 Å². The van der Waals surface area contributed by atoms with Crippen molar-refractivity contribution >= 4 is 24.3 Å². The van der Waals surface area contributed by atoms with Gasteiger partial charge in [0.15, 0.2) is 0 Å². The number of hydrogen-bond acceptors (Lipinski definition) is 1. The molecule has 0 aliphatic carbocycles. The minimum atomic E-state index is -0.926. The summed E-state index contributed by atoms with van der Waals surface area (Å²) in [6.45, 7) is 16.6. The molecule has 0 saturated heterocycles. The molecular formula is C18H32AlN. The average Bonchev–Trinajstić information content (AvgIpc) is 2.38. The van der Waals surface area contributed by atoms with Gasteiger partial charge in [0.25, 0.3) is 0 Å². The van der Waals surface area contributed by atoms with E-state index < -0.39 is 14.1 Å². The quantitative estimate of drug-likeness (QED) is 0.619. The van der Waals surface area contributed by atoms with E-state index in [1.54, 1.807) is 4.43 Å². The van der Waals surface area contributed by atoms with Crippen LogP contribution in [-0.4, -0.2) is 27.2 Å². The third-order valence-electron chi connectivity index (χ3n) is 4.06. The van der Waals surface area contributed by atoms with Crippen LogP contribution >= 0.6 is 0 Å². The normalized spacial score (nSPS) is 11.2. The van der Waals surface area contributed by atoms with Crippen molar-refractivity contribution in [3.8, 4) is 0 Å². The van der Waals surface area contributed by atoms with Gasteiger partial charge in [0, 0.05) is 18.8 Å². The summed E-state index contributed by atoms with van der Waals surface area (Å²) >= 11 is -0.926. The fourth-order valence-corrected chi connectivity index (χ4v) is 7.37. The second-order valence-corrected chi connectivity index (χ2v) is 10.9. The highest BCUT2D eigenvalue weighted by atomic mass is 27.2. The van der Waals surface area contributed by atoms with Gasteiger partial charge in [-0.1, -0.05) is 73.7 Å². The van der Waals surface area contributed by atoms with E-state index in [4.69, 9.17) is 0 Å². The molecule has 0 spiro atoms. The van der Waals surface area contributed by atoms with Crippen molar-refractivity contribution < 1.29 is 0 Å². The predicted octanol–water partition coefficient (Wildman–Crippen LogP) is 4.83. The highest BCUT2D eigenvalue weighted by Gasteiger charge is 2.30. The van der Waals surface area contributed by atoms with Crippen LogP contribution in [-0.2, 0) is 0 Å². The Morgan fingerprint density at radius 2 is 1.40 bits per heavy atom. The van der Waals surface area contributed by atoms with Gasteiger partial charge in [0.2, 0.25) is 0 Å². The fraction of sp³-hybridized carbons (Fsp3) is 0.667. The lowest BCUT2D eigenvalue weighted by Crippen LogP contribution is -2.41. The van der Waals surface area contributed by atoms with E-state index in [1.807, 2.05) is 0 Å². The standard InChI is InChI=1S/C12H18N.2C3H7.Al/c1-3-10-13(11-4-2)12-8-6-5-7-9-12;2*1-3-2;/h5-8H,3-4,10-11H2,1-2H3;2*3H,1-2H3;. The van der Waals surface area contributed by atoms with Crippen LogP contribution in [0.15, 0.2) is 24.3 Å². The summed E-state index contributed by atoms with van der Waals surface area (Å²) in [5.41, 5.74) is 1.52. The van der Waals surface area contributed by atoms with Crippen LogP contribution in [0.3, 0.4) is 0 Å². The first-order valence-corrected chi connectivity index (χ1v) is 10.3. The second kappa shape index (κ2) is 8.75. The molecule has 0 heterocycles. The van der Waals surface area contributed by atoms with Gasteiger partial charge in [-0.15, -0.1) is 0 Å². The Morgan fingerprint density at radius 1 is 0.900 bits per heavy atom. The Morgan fingerprint density at radius 3 is 1.85 bits per heavy atom. The number of para-hydroxylation sites is 1. The molecule has 0 N–H and O–H groups in total. The van der Waals surface area contributed by atoms with E-state index in [-0.39, 0.29) is 0 Å². The molecule has 0 saturated carbocycles. The monoisotopic (exact) mass is 289 g/mol. The molecule has 0 bridgehead atoms. The van der Waals surface area contributed by atoms with Crippen LogP contribution in [0.25, 0.3) is 0 Å². The first-order chi connectivity index (χ1) is 9.52. The summed E-state index contributed by atoms with van der Waals surface area (Å²) < 4.78 is 3.32. The average molecular weight is 289 g/mol. The number of hydrogen-bond donors (Lipinski definition) is 0.